The molecule has 0 spiro atoms. The van der Waals surface area contributed by atoms with Crippen molar-refractivity contribution in [3.63, 3.8) is 0 Å². The third kappa shape index (κ3) is 5.39. The van der Waals surface area contributed by atoms with Crippen molar-refractivity contribution in [3.05, 3.63) is 0 Å². The first-order chi connectivity index (χ1) is 16.0. The summed E-state index contributed by atoms with van der Waals surface area (Å²) in [7, 11) is 1.60. The predicted octanol–water partition coefficient (Wildman–Crippen LogP) is -7.00. The van der Waals surface area contributed by atoms with Crippen LogP contribution in [0.15, 0.2) is 0 Å². The van der Waals surface area contributed by atoms with E-state index in [1.54, 1.807) is 7.05 Å². The molecule has 3 aliphatic rings. The van der Waals surface area contributed by atoms with Crippen molar-refractivity contribution < 1.29 is 59.8 Å². The van der Waals surface area contributed by atoms with Gasteiger partial charge in [-0.2, -0.15) is 0 Å². The average molecular weight is 500 g/mol. The van der Waals surface area contributed by atoms with Gasteiger partial charge in [0.15, 0.2) is 12.6 Å². The number of hydrogen-bond donors (Lipinski definition) is 11. The zero-order valence-electron chi connectivity index (χ0n) is 18.6. The highest BCUT2D eigenvalue weighted by Crippen LogP contribution is 2.31. The Morgan fingerprint density at radius 1 is 0.735 bits per heavy atom. The van der Waals surface area contributed by atoms with E-state index in [4.69, 9.17) is 30.4 Å². The fourth-order valence-electron chi connectivity index (χ4n) is 4.60. The van der Waals surface area contributed by atoms with Crippen molar-refractivity contribution in [1.82, 2.24) is 5.32 Å². The highest BCUT2D eigenvalue weighted by atomic mass is 16.7. The molecule has 2 aliphatic heterocycles. The van der Waals surface area contributed by atoms with Crippen LogP contribution in [0.4, 0.5) is 0 Å². The number of ether oxygens (including phenoxy) is 4. The number of nitrogens with one attached hydrogen (secondary N) is 1. The van der Waals surface area contributed by atoms with Gasteiger partial charge in [-0.25, -0.2) is 0 Å². The lowest BCUT2D eigenvalue weighted by atomic mass is 9.83. The van der Waals surface area contributed by atoms with Gasteiger partial charge in [-0.15, -0.1) is 0 Å². The minimum Gasteiger partial charge on any atom is -0.394 e. The second-order valence-corrected chi connectivity index (χ2v) is 8.97. The van der Waals surface area contributed by atoms with E-state index in [1.807, 2.05) is 0 Å². The summed E-state index contributed by atoms with van der Waals surface area (Å²) in [5, 5.41) is 83.5. The minimum atomic E-state index is -1.70. The van der Waals surface area contributed by atoms with E-state index in [0.29, 0.717) is 0 Å². The first-order valence-corrected chi connectivity index (χ1v) is 11.2. The summed E-state index contributed by atoms with van der Waals surface area (Å²) in [6, 6.07) is -2.54. The van der Waals surface area contributed by atoms with E-state index in [-0.39, 0.29) is 6.42 Å². The van der Waals surface area contributed by atoms with Gasteiger partial charge in [0.1, 0.15) is 61.0 Å². The Balaban J connectivity index is 1.76. The Labute approximate surface area is 195 Å². The highest BCUT2D eigenvalue weighted by molar-refractivity contribution is 5.02. The Morgan fingerprint density at radius 3 is 1.82 bits per heavy atom. The molecule has 0 amide bonds. The number of nitrogens with two attached hydrogens (primary N) is 2. The van der Waals surface area contributed by atoms with Crippen LogP contribution >= 0.6 is 0 Å². The van der Waals surface area contributed by atoms with Crippen LogP contribution in [0.3, 0.4) is 0 Å². The van der Waals surface area contributed by atoms with Gasteiger partial charge >= 0.3 is 0 Å². The lowest BCUT2D eigenvalue weighted by Gasteiger charge is -2.48. The van der Waals surface area contributed by atoms with E-state index in [2.05, 4.69) is 5.32 Å². The standard InChI is InChI=1S/C19H37N3O12/c1-22-6-2-5(20)16(33-19-14(29)13(28)11(26)8(4-24)32-19)15(30)17(6)34-18-12(27)9(21)10(25)7(3-23)31-18/h5-19,22-30H,2-4,20-21H2,1H3. The van der Waals surface area contributed by atoms with Crippen molar-refractivity contribution in [3.8, 4) is 0 Å². The molecule has 2 saturated heterocycles. The fourth-order valence-corrected chi connectivity index (χ4v) is 4.60. The molecule has 3 rings (SSSR count). The zero-order valence-corrected chi connectivity index (χ0v) is 18.6. The fraction of sp³-hybridized carbons (Fsp3) is 1.00. The summed E-state index contributed by atoms with van der Waals surface area (Å²) < 4.78 is 22.3. The maximum absolute atomic E-state index is 11.1. The second-order valence-electron chi connectivity index (χ2n) is 8.97. The largest absolute Gasteiger partial charge is 0.394 e. The average Bonchev–Trinajstić information content (AvgIpc) is 2.82. The molecule has 200 valence electrons. The van der Waals surface area contributed by atoms with Crippen LogP contribution in [0.1, 0.15) is 6.42 Å². The van der Waals surface area contributed by atoms with Crippen molar-refractivity contribution in [2.45, 2.75) is 98.2 Å². The van der Waals surface area contributed by atoms with E-state index < -0.39 is 105 Å². The van der Waals surface area contributed by atoms with Crippen LogP contribution in [-0.4, -0.2) is 153 Å². The molecule has 1 aliphatic carbocycles. The Morgan fingerprint density at radius 2 is 1.26 bits per heavy atom. The Hall–Kier alpha value is -0.600. The van der Waals surface area contributed by atoms with Crippen LogP contribution in [-0.2, 0) is 18.9 Å². The van der Waals surface area contributed by atoms with E-state index in [9.17, 15) is 40.9 Å². The number of aliphatic hydroxyl groups excluding tert-OH is 8. The molecule has 15 nitrogen and oxygen atoms in total. The lowest BCUT2D eigenvalue weighted by molar-refractivity contribution is -0.335. The van der Waals surface area contributed by atoms with Gasteiger partial charge in [0.05, 0.1) is 19.3 Å². The number of likely N-dealkylation sites (N-methyl/N-ethyl adjacent to an activating group) is 1. The van der Waals surface area contributed by atoms with Crippen molar-refractivity contribution in [2.75, 3.05) is 20.3 Å². The molecule has 13 N–H and O–H groups in total. The number of hydrogen-bond acceptors (Lipinski definition) is 15. The van der Waals surface area contributed by atoms with Gasteiger partial charge in [-0.1, -0.05) is 0 Å². The summed E-state index contributed by atoms with van der Waals surface area (Å²) in [5.41, 5.74) is 12.0. The van der Waals surface area contributed by atoms with Gasteiger partial charge in [-0.3, -0.25) is 0 Å². The smallest absolute Gasteiger partial charge is 0.187 e. The van der Waals surface area contributed by atoms with Gasteiger partial charge in [0.2, 0.25) is 0 Å². The molecule has 3 fully saturated rings. The zero-order chi connectivity index (χ0) is 25.3. The van der Waals surface area contributed by atoms with Crippen LogP contribution in [0.25, 0.3) is 0 Å². The third-order valence-electron chi connectivity index (χ3n) is 6.76. The van der Waals surface area contributed by atoms with Crippen LogP contribution in [0.2, 0.25) is 0 Å². The van der Waals surface area contributed by atoms with Crippen LogP contribution in [0, 0.1) is 0 Å². The summed E-state index contributed by atoms with van der Waals surface area (Å²) in [4.78, 5) is 0. The summed E-state index contributed by atoms with van der Waals surface area (Å²) in [6.07, 6.45) is -16.7. The van der Waals surface area contributed by atoms with E-state index in [0.717, 1.165) is 0 Å². The second kappa shape index (κ2) is 11.6. The maximum atomic E-state index is 11.1. The third-order valence-corrected chi connectivity index (χ3v) is 6.76. The molecule has 2 heterocycles. The molecule has 1 saturated carbocycles. The van der Waals surface area contributed by atoms with Crippen molar-refractivity contribution in [1.29, 1.82) is 0 Å². The first kappa shape index (κ1) is 28.0. The molecule has 0 radical (unpaired) electrons. The molecule has 34 heavy (non-hydrogen) atoms. The van der Waals surface area contributed by atoms with Crippen LogP contribution < -0.4 is 16.8 Å². The SMILES string of the molecule is CNC1CC(N)C(OC2OC(CO)C(O)C(O)C2O)C(O)C1OC1OC(CO)C(O)C(N)C1O. The summed E-state index contributed by atoms with van der Waals surface area (Å²) >= 11 is 0. The molecule has 15 heteroatoms. The monoisotopic (exact) mass is 499 g/mol. The molecular weight excluding hydrogens is 462 g/mol. The Kier molecular flexibility index (Phi) is 9.57. The molecular formula is C19H37N3O12. The molecule has 0 aromatic carbocycles. The highest BCUT2D eigenvalue weighted by Gasteiger charge is 2.52. The van der Waals surface area contributed by atoms with Gasteiger partial charge in [-0.05, 0) is 13.5 Å². The van der Waals surface area contributed by atoms with Crippen molar-refractivity contribution >= 4 is 0 Å². The number of rotatable bonds is 7. The quantitative estimate of drug-likeness (QED) is 0.155. The topological polar surface area (TPSA) is 263 Å². The molecule has 0 aromatic heterocycles. The van der Waals surface area contributed by atoms with Gasteiger partial charge in [0.25, 0.3) is 0 Å². The van der Waals surface area contributed by atoms with Gasteiger partial charge in [0, 0.05) is 12.1 Å². The summed E-state index contributed by atoms with van der Waals surface area (Å²) in [5.74, 6) is 0. The molecule has 15 unspecified atom stereocenters. The summed E-state index contributed by atoms with van der Waals surface area (Å²) in [6.45, 7) is -1.25. The van der Waals surface area contributed by atoms with E-state index in [1.165, 1.54) is 0 Å². The normalized spacial score (nSPS) is 52.5. The predicted molar refractivity (Wildman–Crippen MR) is 111 cm³/mol. The molecule has 0 bridgehead atoms. The Bertz CT molecular complexity index is 648. The van der Waals surface area contributed by atoms with Crippen LogP contribution in [0.5, 0.6) is 0 Å². The van der Waals surface area contributed by atoms with Crippen molar-refractivity contribution in [2.24, 2.45) is 11.5 Å². The van der Waals surface area contributed by atoms with Gasteiger partial charge < -0.3 is 76.6 Å². The molecule has 15 atom stereocenters. The minimum absolute atomic E-state index is 0.196. The first-order valence-electron chi connectivity index (χ1n) is 11.2. The number of aliphatic hydroxyl groups is 8. The molecule has 0 aromatic rings. The lowest BCUT2D eigenvalue weighted by Crippen LogP contribution is -2.68. The maximum Gasteiger partial charge on any atom is 0.187 e. The van der Waals surface area contributed by atoms with E-state index >= 15 is 0 Å².